The molecular weight excluding hydrogens is 283 g/mol. The SMILES string of the molecule is NC(=O)C(=NNC(N)=S)c1cccc(Cl)c1Cl. The van der Waals surface area contributed by atoms with E-state index >= 15 is 0 Å². The summed E-state index contributed by atoms with van der Waals surface area (Å²) >= 11 is 16.3. The molecule has 0 atom stereocenters. The molecule has 17 heavy (non-hydrogen) atoms. The van der Waals surface area contributed by atoms with Crippen molar-refractivity contribution >= 4 is 52.2 Å². The smallest absolute Gasteiger partial charge is 0.269 e. The van der Waals surface area contributed by atoms with Gasteiger partial charge in [0.05, 0.1) is 10.0 Å². The van der Waals surface area contributed by atoms with Gasteiger partial charge in [-0.1, -0.05) is 35.3 Å². The molecule has 0 unspecified atom stereocenters. The van der Waals surface area contributed by atoms with Crippen molar-refractivity contribution in [2.24, 2.45) is 16.6 Å². The molecule has 0 aliphatic heterocycles. The van der Waals surface area contributed by atoms with Crippen LogP contribution in [0, 0.1) is 0 Å². The molecule has 0 aromatic heterocycles. The molecule has 1 amide bonds. The second kappa shape index (κ2) is 5.81. The minimum Gasteiger partial charge on any atom is -0.375 e. The van der Waals surface area contributed by atoms with Crippen molar-refractivity contribution in [3.63, 3.8) is 0 Å². The Kier molecular flexibility index (Phi) is 4.68. The lowest BCUT2D eigenvalue weighted by atomic mass is 10.1. The first kappa shape index (κ1) is 13.7. The van der Waals surface area contributed by atoms with Gasteiger partial charge in [0, 0.05) is 5.56 Å². The van der Waals surface area contributed by atoms with E-state index in [-0.39, 0.29) is 20.9 Å². The predicted molar refractivity (Wildman–Crippen MR) is 72.1 cm³/mol. The number of nitrogens with one attached hydrogen (secondary N) is 1. The number of rotatable bonds is 3. The van der Waals surface area contributed by atoms with Gasteiger partial charge in [0.25, 0.3) is 5.91 Å². The van der Waals surface area contributed by atoms with Gasteiger partial charge in [-0.15, -0.1) is 0 Å². The van der Waals surface area contributed by atoms with E-state index < -0.39 is 5.91 Å². The van der Waals surface area contributed by atoms with Crippen molar-refractivity contribution in [3.05, 3.63) is 33.8 Å². The molecule has 0 fully saturated rings. The molecule has 0 bridgehead atoms. The van der Waals surface area contributed by atoms with Crippen LogP contribution in [-0.2, 0) is 4.79 Å². The highest BCUT2D eigenvalue weighted by molar-refractivity contribution is 7.80. The molecule has 5 N–H and O–H groups in total. The lowest BCUT2D eigenvalue weighted by Gasteiger charge is -2.06. The van der Waals surface area contributed by atoms with Gasteiger partial charge in [0.1, 0.15) is 0 Å². The third-order valence-electron chi connectivity index (χ3n) is 1.72. The Hall–Kier alpha value is -1.37. The van der Waals surface area contributed by atoms with Crippen LogP contribution in [0.15, 0.2) is 23.3 Å². The molecule has 0 aliphatic rings. The highest BCUT2D eigenvalue weighted by Crippen LogP contribution is 2.25. The maximum absolute atomic E-state index is 11.2. The quantitative estimate of drug-likeness (QED) is 0.440. The average molecular weight is 291 g/mol. The number of nitrogens with two attached hydrogens (primary N) is 2. The minimum atomic E-state index is -0.780. The molecule has 90 valence electrons. The van der Waals surface area contributed by atoms with E-state index in [1.54, 1.807) is 18.2 Å². The highest BCUT2D eigenvalue weighted by atomic mass is 35.5. The summed E-state index contributed by atoms with van der Waals surface area (Å²) < 4.78 is 0. The fourth-order valence-electron chi connectivity index (χ4n) is 1.05. The van der Waals surface area contributed by atoms with Crippen LogP contribution in [0.5, 0.6) is 0 Å². The zero-order valence-electron chi connectivity index (χ0n) is 8.41. The molecule has 0 radical (unpaired) electrons. The van der Waals surface area contributed by atoms with Crippen LogP contribution in [0.4, 0.5) is 0 Å². The second-order valence-corrected chi connectivity index (χ2v) is 4.13. The number of nitrogens with zero attached hydrogens (tertiary/aromatic N) is 1. The van der Waals surface area contributed by atoms with Crippen LogP contribution in [0.3, 0.4) is 0 Å². The first-order chi connectivity index (χ1) is 7.93. The first-order valence-electron chi connectivity index (χ1n) is 4.30. The van der Waals surface area contributed by atoms with Gasteiger partial charge < -0.3 is 11.5 Å². The predicted octanol–water partition coefficient (Wildman–Crippen LogP) is 1.02. The topological polar surface area (TPSA) is 93.5 Å². The monoisotopic (exact) mass is 290 g/mol. The van der Waals surface area contributed by atoms with Gasteiger partial charge in [-0.2, -0.15) is 5.10 Å². The summed E-state index contributed by atoms with van der Waals surface area (Å²) in [5.41, 5.74) is 12.8. The Morgan fingerprint density at radius 1 is 1.35 bits per heavy atom. The van der Waals surface area contributed by atoms with E-state index in [1.165, 1.54) is 0 Å². The molecule has 0 spiro atoms. The minimum absolute atomic E-state index is 0.0955. The fraction of sp³-hybridized carbons (Fsp3) is 0. The van der Waals surface area contributed by atoms with E-state index in [0.29, 0.717) is 5.56 Å². The Labute approximate surface area is 113 Å². The van der Waals surface area contributed by atoms with Crippen LogP contribution in [0.25, 0.3) is 0 Å². The van der Waals surface area contributed by atoms with E-state index in [4.69, 9.17) is 34.7 Å². The zero-order chi connectivity index (χ0) is 13.0. The van der Waals surface area contributed by atoms with Crippen molar-refractivity contribution in [2.45, 2.75) is 0 Å². The Morgan fingerprint density at radius 3 is 2.53 bits per heavy atom. The zero-order valence-corrected chi connectivity index (χ0v) is 10.7. The Balaban J connectivity index is 3.24. The standard InChI is InChI=1S/C9H8Cl2N4OS/c10-5-3-1-2-4(6(5)11)7(8(12)16)14-15-9(13)17/h1-3H,(H2,12,16)(H3,13,15,17). The van der Waals surface area contributed by atoms with Crippen LogP contribution in [0.1, 0.15) is 5.56 Å². The molecule has 1 aromatic rings. The molecule has 0 heterocycles. The molecule has 0 aliphatic carbocycles. The number of carbonyl (C=O) groups is 1. The van der Waals surface area contributed by atoms with Crippen LogP contribution in [0.2, 0.25) is 10.0 Å². The summed E-state index contributed by atoms with van der Waals surface area (Å²) in [6.07, 6.45) is 0. The number of amides is 1. The lowest BCUT2D eigenvalue weighted by molar-refractivity contribution is -0.111. The summed E-state index contributed by atoms with van der Waals surface area (Å²) in [7, 11) is 0. The van der Waals surface area contributed by atoms with Crippen LogP contribution >= 0.6 is 35.4 Å². The molecule has 0 saturated carbocycles. The summed E-state index contributed by atoms with van der Waals surface area (Å²) in [5, 5.41) is 4.05. The Bertz CT molecular complexity index is 504. The van der Waals surface area contributed by atoms with Gasteiger partial charge in [-0.3, -0.25) is 10.2 Å². The summed E-state index contributed by atoms with van der Waals surface area (Å²) in [6, 6.07) is 4.74. The third kappa shape index (κ3) is 3.55. The van der Waals surface area contributed by atoms with Crippen LogP contribution in [-0.4, -0.2) is 16.7 Å². The number of thiocarbonyl (C=S) groups is 1. The molecule has 1 rings (SSSR count). The summed E-state index contributed by atoms with van der Waals surface area (Å²) in [4.78, 5) is 11.2. The number of halogens is 2. The van der Waals surface area contributed by atoms with E-state index in [9.17, 15) is 4.79 Å². The second-order valence-electron chi connectivity index (χ2n) is 2.90. The Morgan fingerprint density at radius 2 is 2.00 bits per heavy atom. The van der Waals surface area contributed by atoms with Gasteiger partial charge in [-0.25, -0.2) is 0 Å². The number of primary amides is 1. The normalized spacial score (nSPS) is 11.1. The van der Waals surface area contributed by atoms with E-state index in [2.05, 4.69) is 22.7 Å². The van der Waals surface area contributed by atoms with E-state index in [1.807, 2.05) is 0 Å². The molecule has 5 nitrogen and oxygen atoms in total. The number of hydrogen-bond acceptors (Lipinski definition) is 3. The summed E-state index contributed by atoms with van der Waals surface area (Å²) in [5.74, 6) is -0.780. The molecular formula is C9H8Cl2N4OS. The van der Waals surface area contributed by atoms with Gasteiger partial charge in [-0.05, 0) is 18.3 Å². The fourth-order valence-corrected chi connectivity index (χ4v) is 1.48. The van der Waals surface area contributed by atoms with E-state index in [0.717, 1.165) is 0 Å². The molecule has 8 heteroatoms. The summed E-state index contributed by atoms with van der Waals surface area (Å²) in [6.45, 7) is 0. The lowest BCUT2D eigenvalue weighted by Crippen LogP contribution is -2.31. The average Bonchev–Trinajstić information content (AvgIpc) is 2.23. The number of carbonyl (C=O) groups excluding carboxylic acids is 1. The van der Waals surface area contributed by atoms with Gasteiger partial charge in [0.2, 0.25) is 0 Å². The van der Waals surface area contributed by atoms with Crippen molar-refractivity contribution < 1.29 is 4.79 Å². The first-order valence-corrected chi connectivity index (χ1v) is 5.47. The number of hydrazone groups is 1. The van der Waals surface area contributed by atoms with Crippen LogP contribution < -0.4 is 16.9 Å². The van der Waals surface area contributed by atoms with Crippen molar-refractivity contribution in [2.75, 3.05) is 0 Å². The third-order valence-corrected chi connectivity index (χ3v) is 2.63. The van der Waals surface area contributed by atoms with Gasteiger partial charge >= 0.3 is 0 Å². The van der Waals surface area contributed by atoms with Crippen molar-refractivity contribution in [1.29, 1.82) is 0 Å². The number of hydrogen-bond donors (Lipinski definition) is 3. The molecule has 1 aromatic carbocycles. The van der Waals surface area contributed by atoms with Crippen molar-refractivity contribution in [1.82, 2.24) is 5.43 Å². The molecule has 0 saturated heterocycles. The van der Waals surface area contributed by atoms with Crippen molar-refractivity contribution in [3.8, 4) is 0 Å². The number of benzene rings is 1. The van der Waals surface area contributed by atoms with Gasteiger partial charge in [0.15, 0.2) is 10.8 Å². The largest absolute Gasteiger partial charge is 0.375 e. The maximum Gasteiger partial charge on any atom is 0.269 e. The highest BCUT2D eigenvalue weighted by Gasteiger charge is 2.16. The maximum atomic E-state index is 11.2.